The van der Waals surface area contributed by atoms with Gasteiger partial charge in [-0.3, -0.25) is 4.79 Å². The van der Waals surface area contributed by atoms with Gasteiger partial charge in [-0.1, -0.05) is 25.5 Å². The van der Waals surface area contributed by atoms with Gasteiger partial charge in [-0.25, -0.2) is 0 Å². The van der Waals surface area contributed by atoms with Crippen LogP contribution in [-0.4, -0.2) is 28.2 Å². The smallest absolute Gasteiger partial charge is 0.136 e. The molecule has 0 aromatic carbocycles. The highest BCUT2D eigenvalue weighted by Gasteiger charge is 2.63. The van der Waals surface area contributed by atoms with Gasteiger partial charge in [0.05, 0.1) is 5.60 Å². The highest BCUT2D eigenvalue weighted by Crippen LogP contribution is 2.67. The van der Waals surface area contributed by atoms with Crippen molar-refractivity contribution in [3.63, 3.8) is 0 Å². The summed E-state index contributed by atoms with van der Waals surface area (Å²) in [6.07, 6.45) is 11.7. The van der Waals surface area contributed by atoms with Gasteiger partial charge in [-0.2, -0.15) is 0 Å². The van der Waals surface area contributed by atoms with Crippen LogP contribution in [0.3, 0.4) is 0 Å². The first kappa shape index (κ1) is 17.7. The van der Waals surface area contributed by atoms with Crippen LogP contribution in [0.4, 0.5) is 0 Å². The number of rotatable bonds is 3. The molecule has 3 saturated carbocycles. The van der Waals surface area contributed by atoms with E-state index in [9.17, 15) is 15.0 Å². The second kappa shape index (κ2) is 5.92. The van der Waals surface area contributed by atoms with Crippen molar-refractivity contribution in [2.75, 3.05) is 6.61 Å². The van der Waals surface area contributed by atoms with Crippen molar-refractivity contribution < 1.29 is 15.0 Å². The van der Waals surface area contributed by atoms with Crippen LogP contribution >= 0.6 is 0 Å². The molecular weight excluding hydrogens is 312 g/mol. The van der Waals surface area contributed by atoms with Crippen LogP contribution in [0, 0.1) is 28.6 Å². The van der Waals surface area contributed by atoms with Crippen molar-refractivity contribution in [2.45, 2.75) is 83.7 Å². The molecule has 3 heteroatoms. The maximum Gasteiger partial charge on any atom is 0.136 e. The summed E-state index contributed by atoms with van der Waals surface area (Å²) in [6, 6.07) is 0. The molecule has 0 aromatic rings. The zero-order valence-electron chi connectivity index (χ0n) is 15.9. The first-order chi connectivity index (χ1) is 11.8. The van der Waals surface area contributed by atoms with Crippen LogP contribution < -0.4 is 0 Å². The lowest BCUT2D eigenvalue weighted by Crippen LogP contribution is -2.54. The van der Waals surface area contributed by atoms with Gasteiger partial charge in [0.2, 0.25) is 0 Å². The average Bonchev–Trinajstić information content (AvgIpc) is 2.85. The molecule has 0 spiro atoms. The van der Waals surface area contributed by atoms with Gasteiger partial charge in [0, 0.05) is 19.4 Å². The second-order valence-corrected chi connectivity index (χ2v) is 9.83. The molecule has 0 aromatic heterocycles. The predicted molar refractivity (Wildman–Crippen MR) is 98.0 cm³/mol. The maximum absolute atomic E-state index is 11.9. The van der Waals surface area contributed by atoms with E-state index in [1.165, 1.54) is 12.0 Å². The third-order valence-electron chi connectivity index (χ3n) is 9.01. The van der Waals surface area contributed by atoms with Crippen LogP contribution in [0.5, 0.6) is 0 Å². The second-order valence-electron chi connectivity index (χ2n) is 9.83. The van der Waals surface area contributed by atoms with E-state index in [0.29, 0.717) is 36.4 Å². The highest BCUT2D eigenvalue weighted by molar-refractivity contribution is 5.82. The monoisotopic (exact) mass is 346 g/mol. The van der Waals surface area contributed by atoms with E-state index in [0.717, 1.165) is 44.9 Å². The molecule has 0 saturated heterocycles. The van der Waals surface area contributed by atoms with Crippen LogP contribution in [0.15, 0.2) is 11.6 Å². The zero-order chi connectivity index (χ0) is 17.9. The number of carbonyl (C=O) groups is 1. The van der Waals surface area contributed by atoms with E-state index < -0.39 is 5.60 Å². The Morgan fingerprint density at radius 3 is 2.68 bits per heavy atom. The fourth-order valence-corrected chi connectivity index (χ4v) is 7.37. The quantitative estimate of drug-likeness (QED) is 0.759. The maximum atomic E-state index is 11.9. The summed E-state index contributed by atoms with van der Waals surface area (Å²) in [6.45, 7) is 4.91. The SMILES string of the molecule is C[C@]12CCC(=O)CC1=CC[C@@H]1[C@H]2CC[C@@]2(C)[C@H]1CCC2(O)CCCO. The number of allylic oxidation sites excluding steroid dienone is 2. The molecule has 4 aliphatic carbocycles. The Kier molecular flexibility index (Phi) is 4.20. The van der Waals surface area contributed by atoms with E-state index >= 15 is 0 Å². The number of hydrogen-bond donors (Lipinski definition) is 2. The summed E-state index contributed by atoms with van der Waals surface area (Å²) in [7, 11) is 0. The Morgan fingerprint density at radius 1 is 1.16 bits per heavy atom. The summed E-state index contributed by atoms with van der Waals surface area (Å²) in [5.41, 5.74) is 1.03. The minimum atomic E-state index is -0.598. The normalized spacial score (nSPS) is 49.2. The zero-order valence-corrected chi connectivity index (χ0v) is 15.9. The largest absolute Gasteiger partial charge is 0.396 e. The highest BCUT2D eigenvalue weighted by atomic mass is 16.3. The first-order valence-corrected chi connectivity index (χ1v) is 10.4. The lowest BCUT2D eigenvalue weighted by molar-refractivity contribution is -0.132. The van der Waals surface area contributed by atoms with Crippen molar-refractivity contribution in [1.82, 2.24) is 0 Å². The molecular formula is C22H34O3. The molecule has 2 N–H and O–H groups in total. The molecule has 0 heterocycles. The predicted octanol–water partition coefficient (Wildman–Crippen LogP) is 4.02. The fraction of sp³-hybridized carbons (Fsp3) is 0.864. The first-order valence-electron chi connectivity index (χ1n) is 10.4. The molecule has 0 bridgehead atoms. The molecule has 1 unspecified atom stereocenters. The van der Waals surface area contributed by atoms with Gasteiger partial charge in [0.15, 0.2) is 0 Å². The van der Waals surface area contributed by atoms with Gasteiger partial charge in [-0.15, -0.1) is 0 Å². The third kappa shape index (κ3) is 2.41. The number of hydrogen-bond acceptors (Lipinski definition) is 3. The standard InChI is InChI=1S/C22H34O3/c1-20-10-6-16(24)14-15(20)4-5-17-18(20)7-11-21(2)19(17)8-12-22(21,25)9-3-13-23/h4,17-19,23,25H,3,5-14H2,1-2H3/t17-,18-,19+,20+,21+,22?/m1/s1. The molecule has 4 aliphatic rings. The van der Waals surface area contributed by atoms with Crippen LogP contribution in [-0.2, 0) is 4.79 Å². The number of Topliss-reactive ketones (excluding diaryl/α,β-unsaturated/α-hetero) is 1. The van der Waals surface area contributed by atoms with E-state index in [1.54, 1.807) is 0 Å². The minimum absolute atomic E-state index is 0.00444. The van der Waals surface area contributed by atoms with Crippen molar-refractivity contribution in [3.8, 4) is 0 Å². The van der Waals surface area contributed by atoms with Crippen molar-refractivity contribution in [2.24, 2.45) is 28.6 Å². The van der Waals surface area contributed by atoms with Crippen molar-refractivity contribution in [3.05, 3.63) is 11.6 Å². The van der Waals surface area contributed by atoms with Crippen molar-refractivity contribution >= 4 is 5.78 Å². The Labute approximate surface area is 151 Å². The summed E-state index contributed by atoms with van der Waals surface area (Å²) >= 11 is 0. The molecule has 6 atom stereocenters. The topological polar surface area (TPSA) is 57.5 Å². The Morgan fingerprint density at radius 2 is 1.92 bits per heavy atom. The van der Waals surface area contributed by atoms with Gasteiger partial charge in [0.1, 0.15) is 5.78 Å². The number of ketones is 1. The number of carbonyl (C=O) groups excluding carboxylic acids is 1. The van der Waals surface area contributed by atoms with E-state index in [1.807, 2.05) is 0 Å². The summed E-state index contributed by atoms with van der Waals surface area (Å²) in [5.74, 6) is 2.34. The molecule has 4 rings (SSSR count). The summed E-state index contributed by atoms with van der Waals surface area (Å²) < 4.78 is 0. The number of aliphatic hydroxyl groups is 2. The molecule has 0 amide bonds. The van der Waals surface area contributed by atoms with Crippen LogP contribution in [0.1, 0.15) is 78.1 Å². The molecule has 0 radical (unpaired) electrons. The molecule has 0 aliphatic heterocycles. The Hall–Kier alpha value is -0.670. The van der Waals surface area contributed by atoms with E-state index in [2.05, 4.69) is 19.9 Å². The van der Waals surface area contributed by atoms with E-state index in [4.69, 9.17) is 0 Å². The summed E-state index contributed by atoms with van der Waals surface area (Å²) in [5, 5.41) is 20.7. The molecule has 25 heavy (non-hydrogen) atoms. The van der Waals surface area contributed by atoms with E-state index in [-0.39, 0.29) is 17.4 Å². The number of aliphatic hydroxyl groups excluding tert-OH is 1. The van der Waals surface area contributed by atoms with Crippen LogP contribution in [0.25, 0.3) is 0 Å². The molecule has 3 fully saturated rings. The van der Waals surface area contributed by atoms with Gasteiger partial charge >= 0.3 is 0 Å². The fourth-order valence-electron chi connectivity index (χ4n) is 7.37. The van der Waals surface area contributed by atoms with Gasteiger partial charge in [0.25, 0.3) is 0 Å². The molecule has 140 valence electrons. The lowest BCUT2D eigenvalue weighted by Gasteiger charge is -2.58. The van der Waals surface area contributed by atoms with Crippen LogP contribution in [0.2, 0.25) is 0 Å². The van der Waals surface area contributed by atoms with Gasteiger partial charge in [-0.05, 0) is 80.0 Å². The summed E-state index contributed by atoms with van der Waals surface area (Å²) in [4.78, 5) is 11.9. The molecule has 3 nitrogen and oxygen atoms in total. The minimum Gasteiger partial charge on any atom is -0.396 e. The Balaban J connectivity index is 1.63. The van der Waals surface area contributed by atoms with Crippen molar-refractivity contribution in [1.29, 1.82) is 0 Å². The van der Waals surface area contributed by atoms with Gasteiger partial charge < -0.3 is 10.2 Å². The lowest BCUT2D eigenvalue weighted by atomic mass is 9.47. The number of fused-ring (bicyclic) bond motifs is 5. The Bertz CT molecular complexity index is 596. The third-order valence-corrected chi connectivity index (χ3v) is 9.01. The average molecular weight is 347 g/mol.